The van der Waals surface area contributed by atoms with Crippen molar-refractivity contribution in [2.24, 2.45) is 64.7 Å². The molecule has 12 N–H and O–H groups in total. The number of nitrogens with one attached hydrogen (secondary N) is 6. The van der Waals surface area contributed by atoms with E-state index < -0.39 is 71.8 Å². The lowest BCUT2D eigenvalue weighted by molar-refractivity contribution is -0.146. The number of amides is 5. The van der Waals surface area contributed by atoms with Gasteiger partial charge in [0.25, 0.3) is 0 Å². The molecule has 1 aromatic carbocycles. The summed E-state index contributed by atoms with van der Waals surface area (Å²) in [6.07, 6.45) is 15.8. The van der Waals surface area contributed by atoms with Crippen molar-refractivity contribution in [3.8, 4) is 5.75 Å². The summed E-state index contributed by atoms with van der Waals surface area (Å²) >= 11 is 0. The molecular weight excluding hydrogens is 1350 g/mol. The van der Waals surface area contributed by atoms with Gasteiger partial charge in [0, 0.05) is 66.4 Å². The number of nitrogens with two attached hydrogens (primary N) is 2. The second-order valence-electron chi connectivity index (χ2n) is 27.3. The minimum Gasteiger partial charge on any atom is -0.496 e. The van der Waals surface area contributed by atoms with Gasteiger partial charge in [-0.25, -0.2) is 24.0 Å². The van der Waals surface area contributed by atoms with Gasteiger partial charge in [0.05, 0.1) is 47.5 Å². The summed E-state index contributed by atoms with van der Waals surface area (Å²) in [5, 5.41) is 31.7. The third-order valence-electron chi connectivity index (χ3n) is 17.9. The molecule has 2 aliphatic heterocycles. The van der Waals surface area contributed by atoms with Crippen LogP contribution in [0.2, 0.25) is 0 Å². The maximum Gasteiger partial charge on any atom is 0.408 e. The first-order valence-corrected chi connectivity index (χ1v) is 34.0. The molecule has 9 rings (SSSR count). The zero-order valence-corrected chi connectivity index (χ0v) is 60.9. The Morgan fingerprint density at radius 1 is 0.540 bits per heavy atom. The van der Waals surface area contributed by atoms with Crippen LogP contribution < -0.4 is 42.8 Å². The number of ketones is 2. The number of ether oxygens (including phenoxy) is 6. The molecule has 5 aliphatic carbocycles. The average molecular weight is 1460 g/mol. The molecule has 0 bridgehead atoms. The molecule has 100 heavy (non-hydrogen) atoms. The van der Waals surface area contributed by atoms with Crippen molar-refractivity contribution in [1.29, 1.82) is 0 Å². The summed E-state index contributed by atoms with van der Waals surface area (Å²) in [5.41, 5.74) is 11.7. The number of carbonyl (C=O) groups excluding carboxylic acids is 11. The Hall–Kier alpha value is -7.63. The first-order chi connectivity index (χ1) is 46.3. The lowest BCUT2D eigenvalue weighted by Gasteiger charge is -2.21. The SMILES string of the molecule is CC(C)(C)OC(=O)N[C@@H](CC1CC1)C(=O)O.COC(=O)[C@@H](C)C[C@@H]1CCNC1=O.COC(=O)[C@@H](N)C[C@@H]1CCNC1=O.COC(=O)[C@H](C[C@@H]1CCCC1=O)NC(=O)[C@@H](C)CC1CC1.COC(=O)[C@H](C[C@@H]1CCCC1=O)NC(=O)[C@@H](N)CC1CC1.COc1cccc2[nH]c(C(=O)O)cc12.Cl.Cl. The maximum atomic E-state index is 12.2. The van der Waals surface area contributed by atoms with E-state index in [1.165, 1.54) is 41.3 Å². The molecule has 2 saturated heterocycles. The first-order valence-electron chi connectivity index (χ1n) is 34.0. The van der Waals surface area contributed by atoms with E-state index in [0.29, 0.717) is 81.4 Å². The van der Waals surface area contributed by atoms with Gasteiger partial charge in [-0.3, -0.25) is 38.4 Å². The number of benzene rings is 1. The largest absolute Gasteiger partial charge is 0.496 e. The highest BCUT2D eigenvalue weighted by molar-refractivity contribution is 5.96. The van der Waals surface area contributed by atoms with Gasteiger partial charge in [-0.1, -0.05) is 58.4 Å². The molecular formula is C69H108Cl2N8O21. The number of hydrogen-bond acceptors (Lipinski definition) is 21. The molecule has 0 spiro atoms. The van der Waals surface area contributed by atoms with Crippen LogP contribution in [-0.4, -0.2) is 177 Å². The van der Waals surface area contributed by atoms with Crippen LogP contribution in [0.5, 0.6) is 5.75 Å². The normalized spacial score (nSPS) is 20.8. The molecule has 5 amide bonds. The van der Waals surface area contributed by atoms with Crippen LogP contribution in [-0.2, 0) is 76.4 Å². The van der Waals surface area contributed by atoms with E-state index in [4.69, 9.17) is 40.6 Å². The Bertz CT molecular complexity index is 2930. The molecule has 0 unspecified atom stereocenters. The van der Waals surface area contributed by atoms with Crippen molar-refractivity contribution in [3.05, 3.63) is 30.0 Å². The van der Waals surface area contributed by atoms with Crippen LogP contribution in [0.4, 0.5) is 4.79 Å². The quantitative estimate of drug-likeness (QED) is 0.0371. The van der Waals surface area contributed by atoms with Crippen LogP contribution in [0.15, 0.2) is 24.3 Å². The summed E-state index contributed by atoms with van der Waals surface area (Å²) in [6, 6.07) is 3.40. The number of alkyl carbamates (subject to hydrolysis) is 1. The number of methoxy groups -OCH3 is 5. The Balaban J connectivity index is 0.000000411. The zero-order chi connectivity index (χ0) is 73.0. The Morgan fingerprint density at radius 3 is 1.42 bits per heavy atom. The summed E-state index contributed by atoms with van der Waals surface area (Å²) in [6.45, 7) is 10.3. The molecule has 7 aliphatic rings. The number of rotatable bonds is 26. The number of Topliss-reactive ketones (excluding diaryl/α,β-unsaturated/α-hetero) is 2. The van der Waals surface area contributed by atoms with E-state index in [2.05, 4.69) is 41.0 Å². The third-order valence-corrected chi connectivity index (χ3v) is 17.9. The molecule has 3 heterocycles. The number of carboxylic acid groups (broad SMARTS) is 2. The fraction of sp³-hybridized carbons (Fsp3) is 0.696. The van der Waals surface area contributed by atoms with Gasteiger partial charge < -0.3 is 81.7 Å². The standard InChI is InChI=1S/C16H25NO4.C15H24N2O4.C11H19NO4.C10H9NO3.C9H15NO3.C8H14N2O3.2ClH/c1-10(8-11-6-7-11)15(19)17-13(16(20)21-2)9-12-4-3-5-14(12)18;1-21-15(20)12(8-10-3-2-4-13(10)18)17-14(19)11(16)7-9-5-6-9;1-11(2,3)16-10(15)12-8(9(13)14)6-7-4-5-7;1-14-9-4-2-3-7-6(9)5-8(11-7)10(12)13;1-6(9(12)13-2)5-7-3-4-10-8(7)11;1-13-8(12)6(9)4-5-2-3-10-7(5)11;;/h10-13H,3-9H2,1-2H3,(H,17,19);9-12H,2-8,16H2,1H3,(H,17,19);7-8H,4-6H2,1-3H3,(H,12,15)(H,13,14);2-5,11H,1H3,(H,12,13);6-7H,3-5H2,1-2H3,(H,10,11);5-6H,2-4,9H2,1H3,(H,10,11);2*1H/t10-,12-,13-;10-,11-,12-;8-;;6-,7-;5-,6-;;/m000.00../s1. The number of aromatic nitrogens is 1. The molecule has 31 heteroatoms. The molecule has 1 aromatic heterocycles. The minimum atomic E-state index is -1.00. The summed E-state index contributed by atoms with van der Waals surface area (Å²) in [5.74, 6) is -2.03. The Morgan fingerprint density at radius 2 is 1.01 bits per heavy atom. The lowest BCUT2D eigenvalue weighted by Crippen LogP contribution is -2.49. The van der Waals surface area contributed by atoms with Crippen molar-refractivity contribution in [2.75, 3.05) is 48.6 Å². The van der Waals surface area contributed by atoms with E-state index in [1.807, 2.05) is 19.1 Å². The second kappa shape index (κ2) is 43.9. The molecule has 564 valence electrons. The van der Waals surface area contributed by atoms with Gasteiger partial charge in [-0.15, -0.1) is 24.8 Å². The molecule has 11 atom stereocenters. The number of aliphatic carboxylic acids is 1. The van der Waals surface area contributed by atoms with Crippen molar-refractivity contribution in [1.82, 2.24) is 31.6 Å². The zero-order valence-electron chi connectivity index (χ0n) is 59.3. The Labute approximate surface area is 597 Å². The molecule has 0 radical (unpaired) electrons. The molecule has 29 nitrogen and oxygen atoms in total. The number of fused-ring (bicyclic) bond motifs is 1. The van der Waals surface area contributed by atoms with Gasteiger partial charge in [0.1, 0.15) is 52.8 Å². The smallest absolute Gasteiger partial charge is 0.408 e. The highest BCUT2D eigenvalue weighted by Crippen LogP contribution is 2.36. The number of esters is 4. The lowest BCUT2D eigenvalue weighted by atomic mass is 9.95. The average Bonchev–Trinajstić information content (AvgIpc) is 1.67. The van der Waals surface area contributed by atoms with Crippen LogP contribution in [0.3, 0.4) is 0 Å². The van der Waals surface area contributed by atoms with Gasteiger partial charge >= 0.3 is 41.9 Å². The summed E-state index contributed by atoms with van der Waals surface area (Å²) in [4.78, 5) is 151. The topological polar surface area (TPSA) is 446 Å². The van der Waals surface area contributed by atoms with E-state index in [9.17, 15) is 62.3 Å². The predicted octanol–water partition coefficient (Wildman–Crippen LogP) is 6.19. The van der Waals surface area contributed by atoms with Gasteiger partial charge in [0.15, 0.2) is 0 Å². The van der Waals surface area contributed by atoms with Crippen molar-refractivity contribution in [2.45, 2.75) is 205 Å². The number of aromatic carboxylic acids is 1. The molecule has 5 saturated carbocycles. The Kier molecular flexibility index (Phi) is 38.8. The van der Waals surface area contributed by atoms with Crippen molar-refractivity contribution >= 4 is 113 Å². The number of aromatic amines is 1. The van der Waals surface area contributed by atoms with Gasteiger partial charge in [-0.2, -0.15) is 0 Å². The van der Waals surface area contributed by atoms with E-state index in [1.54, 1.807) is 46.9 Å². The number of halogens is 2. The van der Waals surface area contributed by atoms with Crippen molar-refractivity contribution < 1.29 is 101 Å². The third kappa shape index (κ3) is 31.9. The van der Waals surface area contributed by atoms with Crippen molar-refractivity contribution in [3.63, 3.8) is 0 Å². The van der Waals surface area contributed by atoms with Crippen LogP contribution in [0.1, 0.15) is 180 Å². The van der Waals surface area contributed by atoms with Crippen LogP contribution in [0.25, 0.3) is 10.9 Å². The number of H-pyrrole nitrogens is 1. The molecule has 7 fully saturated rings. The number of hydrogen-bond donors (Lipinski definition) is 10. The predicted molar refractivity (Wildman–Crippen MR) is 371 cm³/mol. The fourth-order valence-corrected chi connectivity index (χ4v) is 11.7. The van der Waals surface area contributed by atoms with E-state index in [0.717, 1.165) is 88.1 Å². The van der Waals surface area contributed by atoms with E-state index in [-0.39, 0.29) is 107 Å². The highest BCUT2D eigenvalue weighted by Gasteiger charge is 2.37. The minimum absolute atomic E-state index is 0. The first kappa shape index (κ1) is 88.5. The highest BCUT2D eigenvalue weighted by atomic mass is 35.5. The van der Waals surface area contributed by atoms with Gasteiger partial charge in [-0.05, 0) is 140 Å². The summed E-state index contributed by atoms with van der Waals surface area (Å²) < 4.78 is 28.7. The van der Waals surface area contributed by atoms with Crippen LogP contribution in [0, 0.1) is 53.3 Å². The van der Waals surface area contributed by atoms with Crippen LogP contribution >= 0.6 is 24.8 Å². The van der Waals surface area contributed by atoms with E-state index >= 15 is 0 Å². The second-order valence-corrected chi connectivity index (χ2v) is 27.3. The maximum absolute atomic E-state index is 12.2. The number of carboxylic acids is 2. The van der Waals surface area contributed by atoms with Gasteiger partial charge in [0.2, 0.25) is 23.6 Å². The monoisotopic (exact) mass is 1450 g/mol. The number of carbonyl (C=O) groups is 13. The summed E-state index contributed by atoms with van der Waals surface area (Å²) in [7, 11) is 6.81. The molecule has 2 aromatic rings. The fourth-order valence-electron chi connectivity index (χ4n) is 11.7.